The van der Waals surface area contributed by atoms with E-state index in [4.69, 9.17) is 28.9 Å². The average molecular weight is 355 g/mol. The highest BCUT2D eigenvalue weighted by molar-refractivity contribution is 7.89. The highest BCUT2D eigenvalue weighted by Gasteiger charge is 2.42. The van der Waals surface area contributed by atoms with Gasteiger partial charge in [-0.15, -0.1) is 0 Å². The molecule has 11 heteroatoms. The van der Waals surface area contributed by atoms with Gasteiger partial charge in [-0.2, -0.15) is 8.78 Å². The molecule has 0 aliphatic heterocycles. The Morgan fingerprint density at radius 2 is 1.70 bits per heavy atom. The molecule has 0 bridgehead atoms. The van der Waals surface area contributed by atoms with E-state index in [1.165, 1.54) is 4.72 Å². The zero-order valence-electron chi connectivity index (χ0n) is 9.51. The summed E-state index contributed by atoms with van der Waals surface area (Å²) in [4.78, 5) is -0.708. The van der Waals surface area contributed by atoms with E-state index >= 15 is 0 Å². The van der Waals surface area contributed by atoms with Crippen LogP contribution < -0.4 is 10.5 Å². The number of alkyl halides is 4. The Balaban J connectivity index is 3.08. The van der Waals surface area contributed by atoms with Crippen molar-refractivity contribution in [2.75, 3.05) is 12.3 Å². The van der Waals surface area contributed by atoms with Gasteiger partial charge >= 0.3 is 12.3 Å². The summed E-state index contributed by atoms with van der Waals surface area (Å²) in [6.07, 6.45) is -4.01. The minimum atomic E-state index is -4.59. The van der Waals surface area contributed by atoms with Gasteiger partial charge < -0.3 is 5.73 Å². The van der Waals surface area contributed by atoms with E-state index in [2.05, 4.69) is 0 Å². The first-order valence-electron chi connectivity index (χ1n) is 4.87. The van der Waals surface area contributed by atoms with E-state index in [1.54, 1.807) is 0 Å². The van der Waals surface area contributed by atoms with E-state index in [0.717, 1.165) is 12.1 Å². The van der Waals surface area contributed by atoms with Crippen molar-refractivity contribution >= 4 is 38.9 Å². The maximum absolute atomic E-state index is 12.7. The van der Waals surface area contributed by atoms with Crippen molar-refractivity contribution in [2.45, 2.75) is 17.2 Å². The molecule has 0 saturated carbocycles. The SMILES string of the molecule is Nc1cc(Cl)c(S(=O)(=O)NCC(F)(F)C(F)F)c(Cl)c1. The van der Waals surface area contributed by atoms with E-state index in [1.807, 2.05) is 0 Å². The number of benzene rings is 1. The van der Waals surface area contributed by atoms with Crippen molar-refractivity contribution in [2.24, 2.45) is 0 Å². The quantitative estimate of drug-likeness (QED) is 0.630. The van der Waals surface area contributed by atoms with Crippen molar-refractivity contribution < 1.29 is 26.0 Å². The fourth-order valence-electron chi connectivity index (χ4n) is 1.18. The molecule has 0 aromatic heterocycles. The maximum Gasteiger partial charge on any atom is 0.320 e. The summed E-state index contributed by atoms with van der Waals surface area (Å²) in [6, 6.07) is 2.07. The molecule has 114 valence electrons. The summed E-state index contributed by atoms with van der Waals surface area (Å²) in [5.74, 6) is -4.51. The number of hydrogen-bond donors (Lipinski definition) is 2. The van der Waals surface area contributed by atoms with Gasteiger partial charge in [-0.25, -0.2) is 21.9 Å². The highest BCUT2D eigenvalue weighted by atomic mass is 35.5. The van der Waals surface area contributed by atoms with Crippen molar-refractivity contribution in [3.05, 3.63) is 22.2 Å². The van der Waals surface area contributed by atoms with Crippen LogP contribution in [0.15, 0.2) is 17.0 Å². The van der Waals surface area contributed by atoms with Gasteiger partial charge in [0.1, 0.15) is 4.90 Å². The molecule has 0 unspecified atom stereocenters. The van der Waals surface area contributed by atoms with Gasteiger partial charge in [0.05, 0.1) is 16.6 Å². The number of nitrogen functional groups attached to an aromatic ring is 1. The molecule has 1 aromatic carbocycles. The van der Waals surface area contributed by atoms with Crippen LogP contribution in [0, 0.1) is 0 Å². The largest absolute Gasteiger partial charge is 0.399 e. The molecule has 4 nitrogen and oxygen atoms in total. The Hall–Kier alpha value is -0.770. The summed E-state index contributed by atoms with van der Waals surface area (Å²) < 4.78 is 74.1. The Morgan fingerprint density at radius 1 is 1.25 bits per heavy atom. The van der Waals surface area contributed by atoms with Crippen LogP contribution in [0.3, 0.4) is 0 Å². The molecule has 0 atom stereocenters. The second-order valence-electron chi connectivity index (χ2n) is 3.70. The predicted octanol–water partition coefficient (Wildman–Crippen LogP) is 2.75. The van der Waals surface area contributed by atoms with Crippen LogP contribution in [0.5, 0.6) is 0 Å². The topological polar surface area (TPSA) is 72.2 Å². The standard InChI is InChI=1S/C9H8Cl2F4N2O2S/c10-5-1-4(16)2-6(11)7(5)20(18,19)17-3-9(14,15)8(12)13/h1-2,8,17H,3,16H2. The highest BCUT2D eigenvalue weighted by Crippen LogP contribution is 2.32. The Kier molecular flexibility index (Phi) is 5.12. The fraction of sp³-hybridized carbons (Fsp3) is 0.333. The number of rotatable bonds is 5. The first-order chi connectivity index (χ1) is 8.97. The van der Waals surface area contributed by atoms with Gasteiger partial charge in [0, 0.05) is 5.69 Å². The lowest BCUT2D eigenvalue weighted by Crippen LogP contribution is -2.41. The predicted molar refractivity (Wildman–Crippen MR) is 67.0 cm³/mol. The van der Waals surface area contributed by atoms with E-state index < -0.39 is 43.9 Å². The van der Waals surface area contributed by atoms with Crippen LogP contribution in [0.1, 0.15) is 0 Å². The molecular weight excluding hydrogens is 347 g/mol. The van der Waals surface area contributed by atoms with Crippen LogP contribution in [-0.4, -0.2) is 27.3 Å². The van der Waals surface area contributed by atoms with E-state index in [-0.39, 0.29) is 5.69 Å². The summed E-state index contributed by atoms with van der Waals surface area (Å²) in [5.41, 5.74) is 5.40. The smallest absolute Gasteiger partial charge is 0.320 e. The van der Waals surface area contributed by atoms with E-state index in [0.29, 0.717) is 0 Å². The molecule has 0 aliphatic carbocycles. The van der Waals surface area contributed by atoms with Crippen molar-refractivity contribution in [1.82, 2.24) is 4.72 Å². The summed E-state index contributed by atoms with van der Waals surface area (Å²) in [5, 5.41) is -0.828. The minimum Gasteiger partial charge on any atom is -0.399 e. The third-order valence-electron chi connectivity index (χ3n) is 2.11. The number of hydrogen-bond acceptors (Lipinski definition) is 3. The van der Waals surface area contributed by atoms with Gasteiger partial charge in [-0.3, -0.25) is 0 Å². The molecule has 1 aromatic rings. The van der Waals surface area contributed by atoms with E-state index in [9.17, 15) is 26.0 Å². The zero-order chi connectivity index (χ0) is 15.7. The first kappa shape index (κ1) is 17.3. The van der Waals surface area contributed by atoms with Gasteiger partial charge in [0.15, 0.2) is 0 Å². The van der Waals surface area contributed by atoms with Crippen LogP contribution >= 0.6 is 23.2 Å². The lowest BCUT2D eigenvalue weighted by Gasteiger charge is -2.17. The molecule has 0 amide bonds. The Bertz CT molecular complexity index is 587. The third-order valence-corrected chi connectivity index (χ3v) is 4.43. The number of anilines is 1. The number of halogens is 6. The van der Waals surface area contributed by atoms with Gasteiger partial charge in [-0.05, 0) is 12.1 Å². The third kappa shape index (κ3) is 3.87. The Labute approximate surface area is 121 Å². The first-order valence-corrected chi connectivity index (χ1v) is 7.11. The summed E-state index contributed by atoms with van der Waals surface area (Å²) in [7, 11) is -4.59. The zero-order valence-corrected chi connectivity index (χ0v) is 11.8. The second kappa shape index (κ2) is 5.92. The minimum absolute atomic E-state index is 0.0526. The molecule has 0 heterocycles. The Morgan fingerprint density at radius 3 is 2.10 bits per heavy atom. The lowest BCUT2D eigenvalue weighted by atomic mass is 10.3. The average Bonchev–Trinajstić information content (AvgIpc) is 2.24. The molecule has 3 N–H and O–H groups in total. The van der Waals surface area contributed by atoms with Gasteiger partial charge in [0.2, 0.25) is 10.0 Å². The lowest BCUT2D eigenvalue weighted by molar-refractivity contribution is -0.122. The van der Waals surface area contributed by atoms with Crippen LogP contribution in [0.25, 0.3) is 0 Å². The molecule has 20 heavy (non-hydrogen) atoms. The summed E-state index contributed by atoms with van der Waals surface area (Å²) in [6.45, 7) is -1.79. The normalized spacial score (nSPS) is 12.9. The molecule has 0 saturated heterocycles. The molecule has 0 fully saturated rings. The molecule has 1 rings (SSSR count). The van der Waals surface area contributed by atoms with Crippen molar-refractivity contribution in [1.29, 1.82) is 0 Å². The van der Waals surface area contributed by atoms with Crippen LogP contribution in [0.2, 0.25) is 10.0 Å². The van der Waals surface area contributed by atoms with Gasteiger partial charge in [-0.1, -0.05) is 23.2 Å². The number of nitrogens with two attached hydrogens (primary N) is 1. The van der Waals surface area contributed by atoms with Crippen molar-refractivity contribution in [3.63, 3.8) is 0 Å². The van der Waals surface area contributed by atoms with Crippen molar-refractivity contribution in [3.8, 4) is 0 Å². The molecule has 0 spiro atoms. The fourth-order valence-corrected chi connectivity index (χ4v) is 3.45. The van der Waals surface area contributed by atoms with Gasteiger partial charge in [0.25, 0.3) is 0 Å². The second-order valence-corrected chi connectivity index (χ2v) is 6.22. The molecule has 0 radical (unpaired) electrons. The van der Waals surface area contributed by atoms with Crippen LogP contribution in [0.4, 0.5) is 23.2 Å². The monoisotopic (exact) mass is 354 g/mol. The molecular formula is C9H8Cl2F4N2O2S. The number of sulfonamides is 1. The maximum atomic E-state index is 12.7. The van der Waals surface area contributed by atoms with Crippen LogP contribution in [-0.2, 0) is 10.0 Å². The number of nitrogens with one attached hydrogen (secondary N) is 1. The molecule has 0 aliphatic rings. The summed E-state index contributed by atoms with van der Waals surface area (Å²) >= 11 is 11.2.